The van der Waals surface area contributed by atoms with E-state index in [-0.39, 0.29) is 17.6 Å². The van der Waals surface area contributed by atoms with Gasteiger partial charge in [0.05, 0.1) is 18.9 Å². The van der Waals surface area contributed by atoms with Gasteiger partial charge in [-0.15, -0.1) is 0 Å². The van der Waals surface area contributed by atoms with Gasteiger partial charge in [-0.1, -0.05) is 0 Å². The predicted molar refractivity (Wildman–Crippen MR) is 81.4 cm³/mol. The topological polar surface area (TPSA) is 64.4 Å². The van der Waals surface area contributed by atoms with E-state index in [0.29, 0.717) is 18.9 Å². The van der Waals surface area contributed by atoms with Gasteiger partial charge in [-0.25, -0.2) is 4.98 Å². The lowest BCUT2D eigenvalue weighted by Crippen LogP contribution is -2.41. The highest BCUT2D eigenvalue weighted by Gasteiger charge is 2.26. The average molecular weight is 305 g/mol. The van der Waals surface area contributed by atoms with Crippen molar-refractivity contribution in [3.8, 4) is 0 Å². The van der Waals surface area contributed by atoms with Crippen molar-refractivity contribution >= 4 is 5.91 Å². The molecule has 2 aliphatic heterocycles. The van der Waals surface area contributed by atoms with Crippen molar-refractivity contribution in [3.05, 3.63) is 28.9 Å². The number of ether oxygens (including phenoxy) is 1. The van der Waals surface area contributed by atoms with E-state index in [9.17, 15) is 9.59 Å². The lowest BCUT2D eigenvalue weighted by molar-refractivity contribution is -0.134. The summed E-state index contributed by atoms with van der Waals surface area (Å²) >= 11 is 0. The number of hydrogen-bond donors (Lipinski definition) is 0. The molecule has 1 unspecified atom stereocenters. The first-order chi connectivity index (χ1) is 10.7. The number of likely N-dealkylation sites (tertiary alicyclic amines) is 1. The quantitative estimate of drug-likeness (QED) is 0.834. The third kappa shape index (κ3) is 3.74. The van der Waals surface area contributed by atoms with Crippen LogP contribution >= 0.6 is 0 Å². The van der Waals surface area contributed by atoms with Crippen LogP contribution in [0.5, 0.6) is 0 Å². The third-order valence-electron chi connectivity index (χ3n) is 4.64. The van der Waals surface area contributed by atoms with Crippen molar-refractivity contribution in [1.82, 2.24) is 14.5 Å². The van der Waals surface area contributed by atoms with Gasteiger partial charge in [-0.05, 0) is 31.6 Å². The summed E-state index contributed by atoms with van der Waals surface area (Å²) in [5.74, 6) is 0.651. The lowest BCUT2D eigenvalue weighted by Gasteiger charge is -2.32. The summed E-state index contributed by atoms with van der Waals surface area (Å²) in [6.45, 7) is 3.05. The summed E-state index contributed by atoms with van der Waals surface area (Å²) < 4.78 is 7.20. The molecule has 1 aromatic heterocycles. The summed E-state index contributed by atoms with van der Waals surface area (Å²) in [7, 11) is 0. The van der Waals surface area contributed by atoms with Crippen molar-refractivity contribution in [2.75, 3.05) is 19.7 Å². The molecule has 2 saturated heterocycles. The molecule has 1 aromatic rings. The van der Waals surface area contributed by atoms with Crippen LogP contribution in [0.3, 0.4) is 0 Å². The fourth-order valence-corrected chi connectivity index (χ4v) is 3.29. The monoisotopic (exact) mass is 305 g/mol. The highest BCUT2D eigenvalue weighted by Crippen LogP contribution is 2.21. The van der Waals surface area contributed by atoms with E-state index in [0.717, 1.165) is 45.4 Å². The van der Waals surface area contributed by atoms with Crippen LogP contribution in [0.15, 0.2) is 23.4 Å². The normalized spacial score (nSPS) is 22.9. The molecule has 0 N–H and O–H groups in total. The van der Waals surface area contributed by atoms with Gasteiger partial charge in [-0.2, -0.15) is 0 Å². The number of aromatic nitrogens is 2. The molecular weight excluding hydrogens is 282 g/mol. The van der Waals surface area contributed by atoms with Gasteiger partial charge < -0.3 is 9.64 Å². The molecule has 0 spiro atoms. The Labute approximate surface area is 130 Å². The maximum absolute atomic E-state index is 12.3. The van der Waals surface area contributed by atoms with Gasteiger partial charge in [0.15, 0.2) is 0 Å². The molecule has 0 aromatic carbocycles. The largest absolute Gasteiger partial charge is 0.378 e. The lowest BCUT2D eigenvalue weighted by atomic mass is 9.96. The average Bonchev–Trinajstić information content (AvgIpc) is 3.03. The number of piperidine rings is 1. The number of amides is 1. The van der Waals surface area contributed by atoms with Gasteiger partial charge in [-0.3, -0.25) is 14.2 Å². The molecule has 0 radical (unpaired) electrons. The number of carbonyl (C=O) groups excluding carboxylic acids is 1. The number of carbonyl (C=O) groups is 1. The second kappa shape index (κ2) is 7.05. The molecule has 0 saturated carbocycles. The van der Waals surface area contributed by atoms with E-state index in [1.807, 2.05) is 4.90 Å². The smallest absolute Gasteiger partial charge is 0.253 e. The van der Waals surface area contributed by atoms with Crippen LogP contribution in [0.25, 0.3) is 0 Å². The van der Waals surface area contributed by atoms with Crippen LogP contribution in [0.2, 0.25) is 0 Å². The Morgan fingerprint density at radius 1 is 1.32 bits per heavy atom. The molecule has 120 valence electrons. The molecule has 2 fully saturated rings. The Morgan fingerprint density at radius 3 is 2.82 bits per heavy atom. The molecular formula is C16H23N3O3. The van der Waals surface area contributed by atoms with Crippen molar-refractivity contribution < 1.29 is 9.53 Å². The molecule has 6 nitrogen and oxygen atoms in total. The van der Waals surface area contributed by atoms with E-state index < -0.39 is 0 Å². The zero-order valence-corrected chi connectivity index (χ0v) is 12.8. The van der Waals surface area contributed by atoms with Crippen LogP contribution in [-0.2, 0) is 16.1 Å². The van der Waals surface area contributed by atoms with Crippen molar-refractivity contribution in [3.63, 3.8) is 0 Å². The maximum Gasteiger partial charge on any atom is 0.253 e. The van der Waals surface area contributed by atoms with E-state index >= 15 is 0 Å². The van der Waals surface area contributed by atoms with E-state index in [1.165, 1.54) is 12.3 Å². The standard InChI is InChI=1S/C16H23N3O3/c20-15-3-6-17-12-19(15)11-13-4-7-18(8-5-13)16(21)10-14-2-1-9-22-14/h3,6,12-14H,1-2,4-5,7-11H2. The number of rotatable bonds is 4. The molecule has 3 heterocycles. The van der Waals surface area contributed by atoms with Crippen molar-refractivity contribution in [2.24, 2.45) is 5.92 Å². The molecule has 0 bridgehead atoms. The Bertz CT molecular complexity index is 558. The van der Waals surface area contributed by atoms with Gasteiger partial charge in [0, 0.05) is 38.5 Å². The third-order valence-corrected chi connectivity index (χ3v) is 4.64. The van der Waals surface area contributed by atoms with Gasteiger partial charge in [0.2, 0.25) is 5.91 Å². The number of hydrogen-bond acceptors (Lipinski definition) is 4. The highest BCUT2D eigenvalue weighted by atomic mass is 16.5. The molecule has 22 heavy (non-hydrogen) atoms. The van der Waals surface area contributed by atoms with E-state index in [2.05, 4.69) is 4.98 Å². The molecule has 0 aliphatic carbocycles. The van der Waals surface area contributed by atoms with Crippen LogP contribution in [0, 0.1) is 5.92 Å². The molecule has 6 heteroatoms. The van der Waals surface area contributed by atoms with Gasteiger partial charge in [0.1, 0.15) is 0 Å². The van der Waals surface area contributed by atoms with Crippen molar-refractivity contribution in [1.29, 1.82) is 0 Å². The first kappa shape index (κ1) is 15.2. The summed E-state index contributed by atoms with van der Waals surface area (Å²) in [5.41, 5.74) is -0.00751. The van der Waals surface area contributed by atoms with Crippen LogP contribution < -0.4 is 5.56 Å². The van der Waals surface area contributed by atoms with Gasteiger partial charge in [0.25, 0.3) is 5.56 Å². The van der Waals surface area contributed by atoms with E-state index in [4.69, 9.17) is 4.74 Å². The van der Waals surface area contributed by atoms with Crippen LogP contribution in [-0.4, -0.2) is 46.2 Å². The first-order valence-electron chi connectivity index (χ1n) is 8.12. The minimum Gasteiger partial charge on any atom is -0.378 e. The Balaban J connectivity index is 1.46. The van der Waals surface area contributed by atoms with Crippen molar-refractivity contribution in [2.45, 2.75) is 44.8 Å². The second-order valence-electron chi connectivity index (χ2n) is 6.23. The number of nitrogens with zero attached hydrogens (tertiary/aromatic N) is 3. The molecule has 3 rings (SSSR count). The summed E-state index contributed by atoms with van der Waals surface area (Å²) in [4.78, 5) is 29.9. The first-order valence-corrected chi connectivity index (χ1v) is 8.12. The molecule has 1 atom stereocenters. The Kier molecular flexibility index (Phi) is 4.87. The summed E-state index contributed by atoms with van der Waals surface area (Å²) in [6, 6.07) is 1.49. The zero-order chi connectivity index (χ0) is 15.4. The Morgan fingerprint density at radius 2 is 2.14 bits per heavy atom. The zero-order valence-electron chi connectivity index (χ0n) is 12.8. The van der Waals surface area contributed by atoms with Gasteiger partial charge >= 0.3 is 0 Å². The maximum atomic E-state index is 12.3. The van der Waals surface area contributed by atoms with Crippen LogP contribution in [0.1, 0.15) is 32.1 Å². The predicted octanol–water partition coefficient (Wildman–Crippen LogP) is 1.05. The second-order valence-corrected chi connectivity index (χ2v) is 6.23. The van der Waals surface area contributed by atoms with E-state index in [1.54, 1.807) is 10.9 Å². The minimum absolute atomic E-state index is 0.00751. The Hall–Kier alpha value is -1.69. The molecule has 2 aliphatic rings. The summed E-state index contributed by atoms with van der Waals surface area (Å²) in [6.07, 6.45) is 7.72. The SMILES string of the molecule is O=C(CC1CCCO1)N1CCC(Cn2cnccc2=O)CC1. The highest BCUT2D eigenvalue weighted by molar-refractivity contribution is 5.76. The van der Waals surface area contributed by atoms with Crippen LogP contribution in [0.4, 0.5) is 0 Å². The minimum atomic E-state index is -0.00751. The molecule has 1 amide bonds. The fraction of sp³-hybridized carbons (Fsp3) is 0.688. The summed E-state index contributed by atoms with van der Waals surface area (Å²) in [5, 5.41) is 0. The fourth-order valence-electron chi connectivity index (χ4n) is 3.29.